The molecule has 0 radical (unpaired) electrons. The van der Waals surface area contributed by atoms with E-state index in [9.17, 15) is 4.79 Å². The molecule has 3 aromatic rings. The Morgan fingerprint density at radius 1 is 1.19 bits per heavy atom. The molecule has 0 unspecified atom stereocenters. The van der Waals surface area contributed by atoms with Crippen LogP contribution in [0.2, 0.25) is 9.36 Å². The van der Waals surface area contributed by atoms with E-state index in [1.165, 1.54) is 11.3 Å². The average Bonchev–Trinajstić information content (AvgIpc) is 3.27. The van der Waals surface area contributed by atoms with Crippen molar-refractivity contribution in [1.82, 2.24) is 15.0 Å². The molecule has 3 rings (SSSR count). The van der Waals surface area contributed by atoms with Gasteiger partial charge in [-0.3, -0.25) is 4.79 Å². The van der Waals surface area contributed by atoms with Gasteiger partial charge in [0, 0.05) is 34.8 Å². The highest BCUT2D eigenvalue weighted by Gasteiger charge is 2.16. The van der Waals surface area contributed by atoms with Gasteiger partial charge in [-0.2, -0.15) is 4.98 Å². The lowest BCUT2D eigenvalue weighted by atomic mass is 10.2. The molecule has 0 aliphatic carbocycles. The zero-order chi connectivity index (χ0) is 18.5. The van der Waals surface area contributed by atoms with Crippen molar-refractivity contribution in [1.29, 1.82) is 0 Å². The highest BCUT2D eigenvalue weighted by molar-refractivity contribution is 7.16. The lowest BCUT2D eigenvalue weighted by molar-refractivity contribution is -0.131. The standard InChI is InChI=1S/C18H17Cl2N3O2S/c1-2-23(11-14-7-8-15(20)26-14)17(24)10-9-16-21-18(22-25-16)12-3-5-13(19)6-4-12/h3-8H,2,9-11H2,1H3. The molecule has 0 aliphatic heterocycles. The van der Waals surface area contributed by atoms with Crippen molar-refractivity contribution in [2.75, 3.05) is 6.54 Å². The number of aromatic nitrogens is 2. The second-order valence-corrected chi connectivity index (χ2v) is 7.87. The number of hydrogen-bond acceptors (Lipinski definition) is 5. The first-order valence-corrected chi connectivity index (χ1v) is 9.73. The maximum absolute atomic E-state index is 12.5. The van der Waals surface area contributed by atoms with Gasteiger partial charge in [-0.05, 0) is 43.3 Å². The van der Waals surface area contributed by atoms with Gasteiger partial charge in [0.25, 0.3) is 0 Å². The first-order valence-electron chi connectivity index (χ1n) is 8.15. The Bertz CT molecular complexity index is 877. The molecule has 0 saturated heterocycles. The Hall–Kier alpha value is -1.89. The van der Waals surface area contributed by atoms with Crippen LogP contribution in [0.4, 0.5) is 0 Å². The van der Waals surface area contributed by atoms with Crippen LogP contribution in [-0.2, 0) is 17.8 Å². The van der Waals surface area contributed by atoms with Crippen molar-refractivity contribution in [2.24, 2.45) is 0 Å². The SMILES string of the molecule is CCN(Cc1ccc(Cl)s1)C(=O)CCc1nc(-c2ccc(Cl)cc2)no1. The van der Waals surface area contributed by atoms with E-state index in [2.05, 4.69) is 10.1 Å². The number of halogens is 2. The number of amides is 1. The first-order chi connectivity index (χ1) is 12.5. The molecule has 0 atom stereocenters. The first kappa shape index (κ1) is 18.9. The fraction of sp³-hybridized carbons (Fsp3) is 0.278. The zero-order valence-corrected chi connectivity index (χ0v) is 16.4. The number of thiophene rings is 1. The van der Waals surface area contributed by atoms with Crippen LogP contribution in [-0.4, -0.2) is 27.5 Å². The smallest absolute Gasteiger partial charge is 0.227 e. The van der Waals surface area contributed by atoms with Crippen molar-refractivity contribution in [3.63, 3.8) is 0 Å². The summed E-state index contributed by atoms with van der Waals surface area (Å²) in [4.78, 5) is 19.7. The number of hydrogen-bond donors (Lipinski definition) is 0. The molecule has 26 heavy (non-hydrogen) atoms. The summed E-state index contributed by atoms with van der Waals surface area (Å²) in [6.45, 7) is 3.15. The van der Waals surface area contributed by atoms with Crippen LogP contribution >= 0.6 is 34.5 Å². The number of carbonyl (C=O) groups is 1. The molecule has 0 N–H and O–H groups in total. The Balaban J connectivity index is 1.57. The molecule has 2 heterocycles. The van der Waals surface area contributed by atoms with Crippen molar-refractivity contribution in [3.05, 3.63) is 56.5 Å². The lowest BCUT2D eigenvalue weighted by Gasteiger charge is -2.19. The molecule has 5 nitrogen and oxygen atoms in total. The second kappa shape index (κ2) is 8.66. The molecule has 0 fully saturated rings. The third-order valence-electron chi connectivity index (χ3n) is 3.83. The van der Waals surface area contributed by atoms with E-state index in [4.69, 9.17) is 27.7 Å². The van der Waals surface area contributed by atoms with E-state index in [-0.39, 0.29) is 5.91 Å². The largest absolute Gasteiger partial charge is 0.339 e. The third-order valence-corrected chi connectivity index (χ3v) is 5.30. The van der Waals surface area contributed by atoms with Gasteiger partial charge in [-0.1, -0.05) is 28.4 Å². The summed E-state index contributed by atoms with van der Waals surface area (Å²) >= 11 is 13.3. The van der Waals surface area contributed by atoms with Crippen LogP contribution in [0.15, 0.2) is 40.9 Å². The van der Waals surface area contributed by atoms with Gasteiger partial charge in [0.1, 0.15) is 0 Å². The highest BCUT2D eigenvalue weighted by atomic mass is 35.5. The zero-order valence-electron chi connectivity index (χ0n) is 14.1. The van der Waals surface area contributed by atoms with Gasteiger partial charge in [-0.15, -0.1) is 11.3 Å². The summed E-state index contributed by atoms with van der Waals surface area (Å²) in [6, 6.07) is 11.0. The van der Waals surface area contributed by atoms with E-state index in [1.54, 1.807) is 17.0 Å². The predicted octanol–water partition coefficient (Wildman–Crippen LogP) is 5.09. The Morgan fingerprint density at radius 2 is 1.96 bits per heavy atom. The van der Waals surface area contributed by atoms with E-state index < -0.39 is 0 Å². The minimum atomic E-state index is 0.0447. The quantitative estimate of drug-likeness (QED) is 0.545. The van der Waals surface area contributed by atoms with Gasteiger partial charge >= 0.3 is 0 Å². The Kier molecular flexibility index (Phi) is 6.29. The van der Waals surface area contributed by atoms with Crippen molar-refractivity contribution in [2.45, 2.75) is 26.3 Å². The number of benzene rings is 1. The molecule has 0 saturated carbocycles. The number of nitrogens with zero attached hydrogens (tertiary/aromatic N) is 3. The fourth-order valence-corrected chi connectivity index (χ4v) is 3.68. The van der Waals surface area contributed by atoms with Crippen molar-refractivity contribution >= 4 is 40.4 Å². The van der Waals surface area contributed by atoms with Crippen LogP contribution < -0.4 is 0 Å². The molecule has 2 aromatic heterocycles. The number of aryl methyl sites for hydroxylation is 1. The molecule has 8 heteroatoms. The summed E-state index contributed by atoms with van der Waals surface area (Å²) in [6.07, 6.45) is 0.719. The van der Waals surface area contributed by atoms with Gasteiger partial charge in [0.15, 0.2) is 0 Å². The van der Waals surface area contributed by atoms with Crippen LogP contribution in [0, 0.1) is 0 Å². The number of carbonyl (C=O) groups excluding carboxylic acids is 1. The molecular weight excluding hydrogens is 393 g/mol. The van der Waals surface area contributed by atoms with Crippen molar-refractivity contribution < 1.29 is 9.32 Å². The topological polar surface area (TPSA) is 59.2 Å². The van der Waals surface area contributed by atoms with E-state index >= 15 is 0 Å². The summed E-state index contributed by atoms with van der Waals surface area (Å²) in [5.41, 5.74) is 0.820. The third kappa shape index (κ3) is 4.84. The monoisotopic (exact) mass is 409 g/mol. The highest BCUT2D eigenvalue weighted by Crippen LogP contribution is 2.23. The lowest BCUT2D eigenvalue weighted by Crippen LogP contribution is -2.30. The van der Waals surface area contributed by atoms with Crippen LogP contribution in [0.25, 0.3) is 11.4 Å². The summed E-state index contributed by atoms with van der Waals surface area (Å²) < 4.78 is 5.98. The van der Waals surface area contributed by atoms with Crippen LogP contribution in [0.5, 0.6) is 0 Å². The normalized spacial score (nSPS) is 10.9. The van der Waals surface area contributed by atoms with Gasteiger partial charge in [0.2, 0.25) is 17.6 Å². The van der Waals surface area contributed by atoms with E-state index in [0.29, 0.717) is 42.7 Å². The molecule has 1 aromatic carbocycles. The van der Waals surface area contributed by atoms with Gasteiger partial charge in [0.05, 0.1) is 10.9 Å². The fourth-order valence-electron chi connectivity index (χ4n) is 2.45. The van der Waals surface area contributed by atoms with Gasteiger partial charge in [-0.25, -0.2) is 0 Å². The number of rotatable bonds is 7. The van der Waals surface area contributed by atoms with E-state index in [1.807, 2.05) is 31.2 Å². The summed E-state index contributed by atoms with van der Waals surface area (Å²) in [5.74, 6) is 0.978. The molecule has 0 aliphatic rings. The predicted molar refractivity (Wildman–Crippen MR) is 103 cm³/mol. The molecule has 136 valence electrons. The molecule has 1 amide bonds. The van der Waals surface area contributed by atoms with Crippen LogP contribution in [0.3, 0.4) is 0 Å². The minimum Gasteiger partial charge on any atom is -0.339 e. The Labute approximate surface area is 165 Å². The molecule has 0 spiro atoms. The minimum absolute atomic E-state index is 0.0447. The Morgan fingerprint density at radius 3 is 2.62 bits per heavy atom. The second-order valence-electron chi connectivity index (χ2n) is 5.63. The maximum atomic E-state index is 12.5. The van der Waals surface area contributed by atoms with Crippen molar-refractivity contribution in [3.8, 4) is 11.4 Å². The van der Waals surface area contributed by atoms with Gasteiger partial charge < -0.3 is 9.42 Å². The van der Waals surface area contributed by atoms with E-state index in [0.717, 1.165) is 14.8 Å². The molecule has 0 bridgehead atoms. The molecular formula is C18H17Cl2N3O2S. The average molecular weight is 410 g/mol. The van der Waals surface area contributed by atoms with Crippen LogP contribution in [0.1, 0.15) is 24.1 Å². The summed E-state index contributed by atoms with van der Waals surface area (Å²) in [7, 11) is 0. The summed E-state index contributed by atoms with van der Waals surface area (Å²) in [5, 5.41) is 4.61. The maximum Gasteiger partial charge on any atom is 0.227 e.